The number of aromatic nitrogens is 1. The molecule has 0 saturated carbocycles. The quantitative estimate of drug-likeness (QED) is 0.175. The van der Waals surface area contributed by atoms with E-state index in [1.54, 1.807) is 25.0 Å². The molecule has 0 fully saturated rings. The van der Waals surface area contributed by atoms with Crippen LogP contribution in [0.3, 0.4) is 0 Å². The van der Waals surface area contributed by atoms with Crippen molar-refractivity contribution in [3.8, 4) is 17.2 Å². The molecule has 0 bridgehead atoms. The van der Waals surface area contributed by atoms with Gasteiger partial charge in [-0.3, -0.25) is 4.79 Å². The van der Waals surface area contributed by atoms with Gasteiger partial charge in [0.15, 0.2) is 11.5 Å². The maximum absolute atomic E-state index is 13.8. The van der Waals surface area contributed by atoms with Crippen molar-refractivity contribution in [3.63, 3.8) is 0 Å². The Kier molecular flexibility index (Phi) is 12.3. The number of benzene rings is 3. The number of amides is 1. The van der Waals surface area contributed by atoms with Gasteiger partial charge in [-0.15, -0.1) is 11.6 Å². The van der Waals surface area contributed by atoms with Gasteiger partial charge < -0.3 is 43.7 Å². The van der Waals surface area contributed by atoms with Crippen LogP contribution in [0.5, 0.6) is 17.2 Å². The number of rotatable bonds is 7. The summed E-state index contributed by atoms with van der Waals surface area (Å²) in [6.07, 6.45) is 0. The topological polar surface area (TPSA) is 78.0 Å². The standard InChI is InChI=1S/C28H30ClN3O4.C2H5.CH3.Y/c1-16(29)20-15-32(23-14-24(33)18-7-5-6-8-19(18)27(20)23)28(34)22-11-17-12-26(36-10-9-31(2)3)25(35-4)13-21(17)30-22;1-2;;/h5-8,11-14,16,20,30,33H,9-10,15H2,1-4H3;1H2,2H3;1H3;/q;2*-1;/t16-,20+;;;/m1.../s1. The number of aromatic hydroxyl groups is 1. The first-order chi connectivity index (χ1) is 18.3. The SMILES string of the molecule is COc1cc2[nH]c(C(=O)N3C[C@@H]([C@@H](C)Cl)c4c3cc(O)c3ccccc43)cc2cc1OCCN(C)C.[CH2-]C.[CH3-].[Y]. The number of nitrogens with zero attached hydrogens (tertiary/aromatic N) is 2. The molecule has 2 N–H and O–H groups in total. The molecule has 0 unspecified atom stereocenters. The number of anilines is 1. The number of carbonyl (C=O) groups is 1. The van der Waals surface area contributed by atoms with E-state index < -0.39 is 0 Å². The molecule has 4 aromatic rings. The van der Waals surface area contributed by atoms with Gasteiger partial charge in [0.2, 0.25) is 0 Å². The molecule has 1 aliphatic rings. The fourth-order valence-electron chi connectivity index (χ4n) is 4.94. The molecule has 5 rings (SSSR count). The summed E-state index contributed by atoms with van der Waals surface area (Å²) in [6, 6.07) is 14.9. The average Bonchev–Trinajstić information content (AvgIpc) is 3.50. The number of hydrogen-bond acceptors (Lipinski definition) is 5. The van der Waals surface area contributed by atoms with Crippen molar-refractivity contribution in [3.05, 3.63) is 74.1 Å². The van der Waals surface area contributed by atoms with Crippen molar-refractivity contribution in [1.82, 2.24) is 9.88 Å². The number of fused-ring (bicyclic) bond motifs is 4. The second-order valence-electron chi connectivity index (χ2n) is 9.50. The van der Waals surface area contributed by atoms with E-state index in [9.17, 15) is 9.90 Å². The first kappa shape index (κ1) is 33.9. The third-order valence-electron chi connectivity index (χ3n) is 6.81. The van der Waals surface area contributed by atoms with Gasteiger partial charge in [0.25, 0.3) is 5.91 Å². The third kappa shape index (κ3) is 6.59. The number of nitrogens with one attached hydrogen (secondary N) is 1. The Morgan fingerprint density at radius 2 is 1.85 bits per heavy atom. The van der Waals surface area contributed by atoms with Gasteiger partial charge in [0.1, 0.15) is 18.1 Å². The maximum atomic E-state index is 13.8. The number of hydrogen-bond donors (Lipinski definition) is 2. The van der Waals surface area contributed by atoms with Crippen molar-refractivity contribution in [2.75, 3.05) is 45.8 Å². The zero-order valence-corrected chi connectivity index (χ0v) is 27.7. The number of halogens is 1. The summed E-state index contributed by atoms with van der Waals surface area (Å²) >= 11 is 6.61. The maximum Gasteiger partial charge on any atom is 0.274 e. The van der Waals surface area contributed by atoms with E-state index in [0.29, 0.717) is 36.0 Å². The molecule has 2 heterocycles. The summed E-state index contributed by atoms with van der Waals surface area (Å²) < 4.78 is 11.5. The molecule has 7 nitrogen and oxygen atoms in total. The van der Waals surface area contributed by atoms with Crippen LogP contribution in [-0.4, -0.2) is 67.2 Å². The Morgan fingerprint density at radius 1 is 1.18 bits per heavy atom. The smallest absolute Gasteiger partial charge is 0.274 e. The first-order valence-corrected chi connectivity index (χ1v) is 13.1. The number of H-pyrrole nitrogens is 1. The van der Waals surface area contributed by atoms with Crippen LogP contribution < -0.4 is 14.4 Å². The van der Waals surface area contributed by atoms with E-state index in [0.717, 1.165) is 33.8 Å². The van der Waals surface area contributed by atoms with Gasteiger partial charge in [-0.1, -0.05) is 24.3 Å². The third-order valence-corrected chi connectivity index (χ3v) is 7.12. The molecule has 1 aromatic heterocycles. The second-order valence-corrected chi connectivity index (χ2v) is 10.2. The summed E-state index contributed by atoms with van der Waals surface area (Å²) in [7, 11) is 5.57. The number of carbonyl (C=O) groups excluding carboxylic acids is 1. The zero-order valence-electron chi connectivity index (χ0n) is 24.1. The van der Waals surface area contributed by atoms with Crippen molar-refractivity contribution in [1.29, 1.82) is 0 Å². The second kappa shape index (κ2) is 14.5. The number of alkyl halides is 1. The van der Waals surface area contributed by atoms with E-state index in [2.05, 4.69) is 11.9 Å². The monoisotopic (exact) mass is 640 g/mol. The molecular formula is C31H38ClN3O4Y-2. The van der Waals surface area contributed by atoms with Crippen molar-refractivity contribution in [2.24, 2.45) is 0 Å². The molecule has 1 radical (unpaired) electrons. The van der Waals surface area contributed by atoms with Gasteiger partial charge >= 0.3 is 0 Å². The van der Waals surface area contributed by atoms with E-state index in [1.807, 2.05) is 68.4 Å². The Labute approximate surface area is 267 Å². The van der Waals surface area contributed by atoms with Gasteiger partial charge in [-0.25, -0.2) is 0 Å². The number of ether oxygens (including phenoxy) is 2. The summed E-state index contributed by atoms with van der Waals surface area (Å²) in [5.74, 6) is 1.13. The molecule has 9 heteroatoms. The summed E-state index contributed by atoms with van der Waals surface area (Å²) in [5.41, 5.74) is 2.91. The minimum Gasteiger partial charge on any atom is -0.507 e. The van der Waals surface area contributed by atoms with Gasteiger partial charge in [-0.2, -0.15) is 6.92 Å². The largest absolute Gasteiger partial charge is 0.507 e. The minimum atomic E-state index is -0.191. The molecule has 0 aliphatic carbocycles. The van der Waals surface area contributed by atoms with Crippen LogP contribution in [-0.2, 0) is 32.7 Å². The number of likely N-dealkylation sites (N-methyl/N-ethyl adjacent to an activating group) is 1. The Bertz CT molecular complexity index is 1450. The van der Waals surface area contributed by atoms with Crippen LogP contribution in [0.25, 0.3) is 21.7 Å². The van der Waals surface area contributed by atoms with Crippen LogP contribution in [0.4, 0.5) is 5.69 Å². The normalized spacial score (nSPS) is 14.6. The number of phenolic OH excluding ortho intramolecular Hbond substituents is 1. The van der Waals surface area contributed by atoms with Crippen molar-refractivity contribution in [2.45, 2.75) is 25.1 Å². The average molecular weight is 641 g/mol. The van der Waals surface area contributed by atoms with Crippen LogP contribution in [0.1, 0.15) is 35.8 Å². The fraction of sp³-hybridized carbons (Fsp3) is 0.323. The van der Waals surface area contributed by atoms with Crippen molar-refractivity contribution < 1.29 is 52.1 Å². The Morgan fingerprint density at radius 3 is 2.48 bits per heavy atom. The first-order valence-electron chi connectivity index (χ1n) is 12.7. The Balaban J connectivity index is 0.00000137. The number of methoxy groups -OCH3 is 1. The van der Waals surface area contributed by atoms with Crippen LogP contribution >= 0.6 is 11.6 Å². The number of phenols is 1. The van der Waals surface area contributed by atoms with E-state index in [1.165, 1.54) is 0 Å². The summed E-state index contributed by atoms with van der Waals surface area (Å²) in [4.78, 5) is 20.8. The van der Waals surface area contributed by atoms with E-state index >= 15 is 0 Å². The zero-order chi connectivity index (χ0) is 27.6. The molecule has 213 valence electrons. The summed E-state index contributed by atoms with van der Waals surface area (Å²) in [5, 5.41) is 13.1. The molecule has 3 aromatic carbocycles. The van der Waals surface area contributed by atoms with Crippen molar-refractivity contribution >= 4 is 44.9 Å². The van der Waals surface area contributed by atoms with Crippen LogP contribution in [0.15, 0.2) is 48.5 Å². The molecule has 40 heavy (non-hydrogen) atoms. The minimum absolute atomic E-state index is 0. The van der Waals surface area contributed by atoms with E-state index in [4.69, 9.17) is 21.1 Å². The molecule has 0 saturated heterocycles. The molecule has 1 aliphatic heterocycles. The van der Waals surface area contributed by atoms with E-state index in [-0.39, 0.29) is 63.1 Å². The van der Waals surface area contributed by atoms with Gasteiger partial charge in [-0.05, 0) is 44.1 Å². The predicted octanol–water partition coefficient (Wildman–Crippen LogP) is 6.64. The molecule has 0 spiro atoms. The molecule has 1 amide bonds. The van der Waals surface area contributed by atoms with Crippen LogP contribution in [0, 0.1) is 14.4 Å². The summed E-state index contributed by atoms with van der Waals surface area (Å²) in [6.45, 7) is 8.67. The van der Waals surface area contributed by atoms with Gasteiger partial charge in [0.05, 0.1) is 12.8 Å². The number of aromatic amines is 1. The van der Waals surface area contributed by atoms with Crippen LogP contribution in [0.2, 0.25) is 0 Å². The Hall–Kier alpha value is -2.32. The molecule has 2 atom stereocenters. The molecular weight excluding hydrogens is 603 g/mol. The fourth-order valence-corrected chi connectivity index (χ4v) is 5.15. The predicted molar refractivity (Wildman–Crippen MR) is 162 cm³/mol. The van der Waals surface area contributed by atoms with Gasteiger partial charge in [0, 0.05) is 85.5 Å².